The van der Waals surface area contributed by atoms with E-state index in [2.05, 4.69) is 20.5 Å². The molecule has 0 radical (unpaired) electrons. The van der Waals surface area contributed by atoms with Gasteiger partial charge in [-0.15, -0.1) is 5.11 Å². The number of phenols is 2. The molecule has 2 N–H and O–H groups in total. The minimum Gasteiger partial charge on any atom is -0.508 e. The molecule has 136 valence electrons. The number of hydrogen-bond acceptors (Lipinski definition) is 6. The molecule has 4 aromatic rings. The Hall–Kier alpha value is -4.06. The number of benzene rings is 4. The second kappa shape index (κ2) is 7.67. The fourth-order valence-electron chi connectivity index (χ4n) is 2.70. The van der Waals surface area contributed by atoms with Crippen molar-refractivity contribution in [3.8, 4) is 11.5 Å². The topological polar surface area (TPSA) is 89.9 Å². The molecule has 4 aromatic carbocycles. The zero-order valence-electron chi connectivity index (χ0n) is 14.8. The van der Waals surface area contributed by atoms with Crippen LogP contribution in [0.15, 0.2) is 105 Å². The molecule has 0 amide bonds. The number of fused-ring (bicyclic) bond motifs is 1. The lowest BCUT2D eigenvalue weighted by Crippen LogP contribution is -1.75. The van der Waals surface area contributed by atoms with Crippen LogP contribution in [0.5, 0.6) is 11.5 Å². The second-order valence-corrected chi connectivity index (χ2v) is 6.09. The summed E-state index contributed by atoms with van der Waals surface area (Å²) in [4.78, 5) is 0. The summed E-state index contributed by atoms with van der Waals surface area (Å²) in [5.74, 6) is 0.177. The van der Waals surface area contributed by atoms with E-state index in [9.17, 15) is 10.2 Å². The summed E-state index contributed by atoms with van der Waals surface area (Å²) in [7, 11) is 0. The Morgan fingerprint density at radius 2 is 1.14 bits per heavy atom. The SMILES string of the molecule is Oc1ccc2c(/N=N/c3ccc(/N=N/c4ccccc4)cc3)c(O)ccc2c1. The van der Waals surface area contributed by atoms with Gasteiger partial charge in [-0.3, -0.25) is 0 Å². The highest BCUT2D eigenvalue weighted by atomic mass is 16.3. The number of hydrogen-bond donors (Lipinski definition) is 2. The number of aromatic hydroxyl groups is 2. The molecule has 6 heteroatoms. The molecular weight excluding hydrogens is 352 g/mol. The summed E-state index contributed by atoms with van der Waals surface area (Å²) in [5, 5.41) is 38.0. The Morgan fingerprint density at radius 1 is 0.536 bits per heavy atom. The standard InChI is InChI=1S/C22H16N4O2/c27-19-11-12-20-15(14-19)6-13-21(28)22(20)26-25-18-9-7-17(8-10-18)24-23-16-4-2-1-3-5-16/h1-14,27-28H/b24-23+,26-25+. The quantitative estimate of drug-likeness (QED) is 0.377. The zero-order chi connectivity index (χ0) is 19.3. The highest BCUT2D eigenvalue weighted by Crippen LogP contribution is 2.37. The Labute approximate surface area is 161 Å². The maximum atomic E-state index is 10.1. The minimum atomic E-state index is 0.0234. The van der Waals surface area contributed by atoms with Gasteiger partial charge in [-0.1, -0.05) is 24.3 Å². The first-order valence-electron chi connectivity index (χ1n) is 8.62. The number of nitrogens with zero attached hydrogens (tertiary/aromatic N) is 4. The summed E-state index contributed by atoms with van der Waals surface area (Å²) in [6.07, 6.45) is 0. The molecule has 6 nitrogen and oxygen atoms in total. The molecule has 0 aliphatic rings. The first kappa shape index (κ1) is 17.4. The number of phenolic OH excluding ortho intramolecular Hbond substituents is 2. The second-order valence-electron chi connectivity index (χ2n) is 6.09. The van der Waals surface area contributed by atoms with Gasteiger partial charge in [0.15, 0.2) is 0 Å². The maximum absolute atomic E-state index is 10.1. The van der Waals surface area contributed by atoms with Gasteiger partial charge < -0.3 is 10.2 Å². The maximum Gasteiger partial charge on any atom is 0.143 e. The van der Waals surface area contributed by atoms with Crippen LogP contribution < -0.4 is 0 Å². The van der Waals surface area contributed by atoms with E-state index >= 15 is 0 Å². The van der Waals surface area contributed by atoms with E-state index in [-0.39, 0.29) is 11.5 Å². The molecule has 4 rings (SSSR count). The van der Waals surface area contributed by atoms with Crippen molar-refractivity contribution in [3.05, 3.63) is 84.9 Å². The van der Waals surface area contributed by atoms with E-state index in [0.717, 1.165) is 11.1 Å². The predicted octanol–water partition coefficient (Wildman–Crippen LogP) is 7.08. The van der Waals surface area contributed by atoms with Crippen molar-refractivity contribution in [1.82, 2.24) is 0 Å². The molecule has 28 heavy (non-hydrogen) atoms. The Morgan fingerprint density at radius 3 is 1.82 bits per heavy atom. The van der Waals surface area contributed by atoms with Crippen molar-refractivity contribution in [1.29, 1.82) is 0 Å². The average molecular weight is 368 g/mol. The lowest BCUT2D eigenvalue weighted by atomic mass is 10.1. The van der Waals surface area contributed by atoms with Crippen LogP contribution in [0.4, 0.5) is 22.7 Å². The highest BCUT2D eigenvalue weighted by Gasteiger charge is 2.07. The number of azo groups is 2. The number of rotatable bonds is 4. The third kappa shape index (κ3) is 3.86. The first-order chi connectivity index (χ1) is 13.7. The summed E-state index contributed by atoms with van der Waals surface area (Å²) < 4.78 is 0. The van der Waals surface area contributed by atoms with E-state index in [1.807, 2.05) is 30.3 Å². The summed E-state index contributed by atoms with van der Waals surface area (Å²) in [6, 6.07) is 24.7. The molecule has 0 saturated heterocycles. The average Bonchev–Trinajstić information content (AvgIpc) is 2.73. The Bertz CT molecular complexity index is 1170. The fraction of sp³-hybridized carbons (Fsp3) is 0. The van der Waals surface area contributed by atoms with Crippen molar-refractivity contribution in [3.63, 3.8) is 0 Å². The summed E-state index contributed by atoms with van der Waals surface area (Å²) in [5.41, 5.74) is 2.45. The summed E-state index contributed by atoms with van der Waals surface area (Å²) in [6.45, 7) is 0. The van der Waals surface area contributed by atoms with E-state index < -0.39 is 0 Å². The van der Waals surface area contributed by atoms with Gasteiger partial charge in [-0.25, -0.2) is 0 Å². The van der Waals surface area contributed by atoms with Crippen LogP contribution in [0.2, 0.25) is 0 Å². The smallest absolute Gasteiger partial charge is 0.143 e. The van der Waals surface area contributed by atoms with Gasteiger partial charge in [0.1, 0.15) is 17.2 Å². The van der Waals surface area contributed by atoms with Gasteiger partial charge in [-0.05, 0) is 66.0 Å². The van der Waals surface area contributed by atoms with Gasteiger partial charge in [0, 0.05) is 5.39 Å². The third-order valence-corrected chi connectivity index (χ3v) is 4.11. The van der Waals surface area contributed by atoms with Crippen LogP contribution in [0.25, 0.3) is 10.8 Å². The first-order valence-corrected chi connectivity index (χ1v) is 8.62. The van der Waals surface area contributed by atoms with Crippen LogP contribution in [0, 0.1) is 0 Å². The molecule has 0 unspecified atom stereocenters. The van der Waals surface area contributed by atoms with E-state index in [1.165, 1.54) is 6.07 Å². The van der Waals surface area contributed by atoms with Crippen molar-refractivity contribution in [2.24, 2.45) is 20.5 Å². The van der Waals surface area contributed by atoms with Gasteiger partial charge in [0.05, 0.1) is 17.1 Å². The molecule has 0 atom stereocenters. The molecule has 0 aliphatic heterocycles. The van der Waals surface area contributed by atoms with E-state index in [4.69, 9.17) is 0 Å². The molecule has 0 heterocycles. The van der Waals surface area contributed by atoms with Crippen LogP contribution in [-0.2, 0) is 0 Å². The van der Waals surface area contributed by atoms with Gasteiger partial charge in [-0.2, -0.15) is 15.3 Å². The van der Waals surface area contributed by atoms with Crippen molar-refractivity contribution in [2.75, 3.05) is 0 Å². The Balaban J connectivity index is 1.56. The van der Waals surface area contributed by atoms with Crippen molar-refractivity contribution >= 4 is 33.5 Å². The normalized spacial score (nSPS) is 11.6. The van der Waals surface area contributed by atoms with Gasteiger partial charge in [0.2, 0.25) is 0 Å². The third-order valence-electron chi connectivity index (χ3n) is 4.11. The van der Waals surface area contributed by atoms with Crippen LogP contribution >= 0.6 is 0 Å². The molecule has 0 aliphatic carbocycles. The highest BCUT2D eigenvalue weighted by molar-refractivity contribution is 5.96. The van der Waals surface area contributed by atoms with Crippen LogP contribution in [0.3, 0.4) is 0 Å². The molecule has 0 saturated carbocycles. The fourth-order valence-corrected chi connectivity index (χ4v) is 2.70. The lowest BCUT2D eigenvalue weighted by molar-refractivity contribution is 0.474. The van der Waals surface area contributed by atoms with Crippen molar-refractivity contribution in [2.45, 2.75) is 0 Å². The summed E-state index contributed by atoms with van der Waals surface area (Å²) >= 11 is 0. The van der Waals surface area contributed by atoms with Crippen LogP contribution in [0.1, 0.15) is 0 Å². The van der Waals surface area contributed by atoms with Gasteiger partial charge in [0.25, 0.3) is 0 Å². The van der Waals surface area contributed by atoms with Crippen LogP contribution in [-0.4, -0.2) is 10.2 Å². The lowest BCUT2D eigenvalue weighted by Gasteiger charge is -2.04. The molecular formula is C22H16N4O2. The molecule has 0 aromatic heterocycles. The Kier molecular flexibility index (Phi) is 4.76. The van der Waals surface area contributed by atoms with E-state index in [1.54, 1.807) is 48.5 Å². The van der Waals surface area contributed by atoms with Crippen molar-refractivity contribution < 1.29 is 10.2 Å². The largest absolute Gasteiger partial charge is 0.508 e. The van der Waals surface area contributed by atoms with E-state index in [0.29, 0.717) is 22.4 Å². The molecule has 0 fully saturated rings. The predicted molar refractivity (Wildman–Crippen MR) is 109 cm³/mol. The molecule has 0 spiro atoms. The minimum absolute atomic E-state index is 0.0234. The monoisotopic (exact) mass is 368 g/mol. The molecule has 0 bridgehead atoms. The zero-order valence-corrected chi connectivity index (χ0v) is 14.8. The van der Waals surface area contributed by atoms with Gasteiger partial charge >= 0.3 is 0 Å².